The Bertz CT molecular complexity index is 567. The molecule has 0 bridgehead atoms. The van der Waals surface area contributed by atoms with Gasteiger partial charge in [-0.1, -0.05) is 29.3 Å². The Hall–Kier alpha value is 0.420. The van der Waals surface area contributed by atoms with Gasteiger partial charge in [0.1, 0.15) is 0 Å². The van der Waals surface area contributed by atoms with Gasteiger partial charge in [-0.3, -0.25) is 0 Å². The van der Waals surface area contributed by atoms with Gasteiger partial charge in [-0.25, -0.2) is 0 Å². The molecule has 0 aliphatic rings. The Kier molecular flexibility index (Phi) is 5.76. The van der Waals surface area contributed by atoms with E-state index in [2.05, 4.69) is 43.2 Å². The van der Waals surface area contributed by atoms with Crippen LogP contribution in [0.5, 0.6) is 0 Å². The van der Waals surface area contributed by atoms with Gasteiger partial charge in [0.2, 0.25) is 0 Å². The molecule has 0 radical (unpaired) electrons. The summed E-state index contributed by atoms with van der Waals surface area (Å²) < 4.78 is 2.19. The average molecular weight is 444 g/mol. The molecule has 0 spiro atoms. The van der Waals surface area contributed by atoms with E-state index >= 15 is 0 Å². The average Bonchev–Trinajstić information content (AvgIpc) is 2.71. The highest BCUT2D eigenvalue weighted by atomic mass is 79.9. The number of halogens is 4. The molecule has 2 aromatic rings. The van der Waals surface area contributed by atoms with Gasteiger partial charge in [0.15, 0.2) is 0 Å². The van der Waals surface area contributed by atoms with E-state index in [1.807, 2.05) is 25.2 Å². The minimum absolute atomic E-state index is 0.254. The van der Waals surface area contributed by atoms with E-state index in [4.69, 9.17) is 23.2 Å². The molecule has 1 unspecified atom stereocenters. The summed E-state index contributed by atoms with van der Waals surface area (Å²) in [6.07, 6.45) is 0.868. The van der Waals surface area contributed by atoms with Crippen molar-refractivity contribution in [3.63, 3.8) is 0 Å². The lowest BCUT2D eigenvalue weighted by molar-refractivity contribution is 0.602. The molecule has 19 heavy (non-hydrogen) atoms. The molecule has 6 heteroatoms. The number of hydrogen-bond donors (Lipinski definition) is 1. The summed E-state index contributed by atoms with van der Waals surface area (Å²) in [4.78, 5) is 1.27. The molecule has 0 aliphatic heterocycles. The predicted molar refractivity (Wildman–Crippen MR) is 91.7 cm³/mol. The number of benzene rings is 1. The second-order valence-corrected chi connectivity index (χ2v) is 8.13. The smallest absolute Gasteiger partial charge is 0.0843 e. The van der Waals surface area contributed by atoms with Crippen molar-refractivity contribution >= 4 is 66.4 Å². The van der Waals surface area contributed by atoms with Crippen LogP contribution < -0.4 is 5.32 Å². The molecule has 1 atom stereocenters. The zero-order chi connectivity index (χ0) is 14.0. The lowest BCUT2D eigenvalue weighted by Gasteiger charge is -2.15. The third-order valence-corrected chi connectivity index (χ3v) is 6.89. The minimum atomic E-state index is 0.254. The van der Waals surface area contributed by atoms with Gasteiger partial charge in [0, 0.05) is 15.4 Å². The van der Waals surface area contributed by atoms with Gasteiger partial charge in [-0.2, -0.15) is 0 Å². The fourth-order valence-electron chi connectivity index (χ4n) is 1.78. The van der Waals surface area contributed by atoms with Crippen LogP contribution in [0.4, 0.5) is 0 Å². The Labute approximate surface area is 143 Å². The van der Waals surface area contributed by atoms with Crippen LogP contribution in [0, 0.1) is 0 Å². The molecule has 0 amide bonds. The van der Waals surface area contributed by atoms with E-state index in [0.29, 0.717) is 10.0 Å². The van der Waals surface area contributed by atoms with E-state index in [-0.39, 0.29) is 6.04 Å². The highest BCUT2D eigenvalue weighted by Gasteiger charge is 2.15. The lowest BCUT2D eigenvalue weighted by Crippen LogP contribution is -2.17. The van der Waals surface area contributed by atoms with Gasteiger partial charge in [-0.15, -0.1) is 11.3 Å². The maximum atomic E-state index is 6.05. The molecule has 2 rings (SSSR count). The maximum absolute atomic E-state index is 6.05. The highest BCUT2D eigenvalue weighted by Crippen LogP contribution is 2.36. The second kappa shape index (κ2) is 6.92. The van der Waals surface area contributed by atoms with Crippen molar-refractivity contribution in [1.29, 1.82) is 0 Å². The van der Waals surface area contributed by atoms with E-state index in [9.17, 15) is 0 Å². The SMILES string of the molecule is CNC(Cc1ccc(Cl)c(Cl)c1)c1cc(Br)c(Br)s1. The third kappa shape index (κ3) is 3.96. The molecule has 102 valence electrons. The summed E-state index contributed by atoms with van der Waals surface area (Å²) in [5.74, 6) is 0. The van der Waals surface area contributed by atoms with E-state index in [1.165, 1.54) is 4.88 Å². The van der Waals surface area contributed by atoms with E-state index in [1.54, 1.807) is 11.3 Å². The number of nitrogens with one attached hydrogen (secondary N) is 1. The third-order valence-electron chi connectivity index (χ3n) is 2.78. The Balaban J connectivity index is 2.21. The zero-order valence-corrected chi connectivity index (χ0v) is 15.5. The molecule has 1 aromatic carbocycles. The summed E-state index contributed by atoms with van der Waals surface area (Å²) in [7, 11) is 1.96. The van der Waals surface area contributed by atoms with Crippen LogP contribution in [0.2, 0.25) is 10.0 Å². The quantitative estimate of drug-likeness (QED) is 0.603. The fourth-order valence-corrected chi connectivity index (χ4v) is 4.30. The molecular formula is C13H11Br2Cl2NS. The standard InChI is InChI=1S/C13H11Br2Cl2NS/c1-18-11(12-6-8(14)13(15)19-12)5-7-2-3-9(16)10(17)4-7/h2-4,6,11,18H,5H2,1H3. The van der Waals surface area contributed by atoms with Crippen LogP contribution in [0.3, 0.4) is 0 Å². The molecule has 1 N–H and O–H groups in total. The largest absolute Gasteiger partial charge is 0.312 e. The fraction of sp³-hybridized carbons (Fsp3) is 0.231. The highest BCUT2D eigenvalue weighted by molar-refractivity contribution is 9.13. The van der Waals surface area contributed by atoms with Crippen LogP contribution in [-0.2, 0) is 6.42 Å². The number of thiophene rings is 1. The number of hydrogen-bond acceptors (Lipinski definition) is 2. The summed E-state index contributed by atoms with van der Waals surface area (Å²) in [5, 5.41) is 4.52. The topological polar surface area (TPSA) is 12.0 Å². The molecule has 1 heterocycles. The monoisotopic (exact) mass is 441 g/mol. The van der Waals surface area contributed by atoms with Crippen LogP contribution in [0.15, 0.2) is 32.5 Å². The summed E-state index contributed by atoms with van der Waals surface area (Å²) in [5.41, 5.74) is 1.16. The summed E-state index contributed by atoms with van der Waals surface area (Å²) in [6, 6.07) is 8.16. The first-order valence-corrected chi connectivity index (χ1v) is 8.73. The van der Waals surface area contributed by atoms with Gasteiger partial charge in [0.05, 0.1) is 13.8 Å². The first kappa shape index (κ1) is 15.8. The van der Waals surface area contributed by atoms with Crippen LogP contribution in [0.25, 0.3) is 0 Å². The van der Waals surface area contributed by atoms with Crippen molar-refractivity contribution in [2.24, 2.45) is 0 Å². The van der Waals surface area contributed by atoms with Crippen molar-refractivity contribution in [2.75, 3.05) is 7.05 Å². The molecule has 1 nitrogen and oxygen atoms in total. The van der Waals surface area contributed by atoms with Gasteiger partial charge in [-0.05, 0) is 69.1 Å². The Morgan fingerprint density at radius 3 is 2.47 bits per heavy atom. The first-order valence-electron chi connectivity index (χ1n) is 5.57. The van der Waals surface area contributed by atoms with E-state index in [0.717, 1.165) is 20.2 Å². The molecule has 0 saturated heterocycles. The van der Waals surface area contributed by atoms with Crippen LogP contribution in [0.1, 0.15) is 16.5 Å². The normalized spacial score (nSPS) is 12.7. The lowest BCUT2D eigenvalue weighted by atomic mass is 10.0. The first-order chi connectivity index (χ1) is 9.01. The molecular weight excluding hydrogens is 433 g/mol. The summed E-state index contributed by atoms with van der Waals surface area (Å²) in [6.45, 7) is 0. The van der Waals surface area contributed by atoms with Crippen molar-refractivity contribution in [1.82, 2.24) is 5.32 Å². The minimum Gasteiger partial charge on any atom is -0.312 e. The van der Waals surface area contributed by atoms with Gasteiger partial charge in [0.25, 0.3) is 0 Å². The summed E-state index contributed by atoms with van der Waals surface area (Å²) >= 11 is 20.7. The van der Waals surface area contributed by atoms with Crippen molar-refractivity contribution < 1.29 is 0 Å². The van der Waals surface area contributed by atoms with Crippen molar-refractivity contribution in [2.45, 2.75) is 12.5 Å². The predicted octanol–water partition coefficient (Wildman–Crippen LogP) is 6.08. The van der Waals surface area contributed by atoms with E-state index < -0.39 is 0 Å². The molecule has 1 aromatic heterocycles. The maximum Gasteiger partial charge on any atom is 0.0843 e. The molecule has 0 saturated carbocycles. The van der Waals surface area contributed by atoms with Crippen molar-refractivity contribution in [3.8, 4) is 0 Å². The molecule has 0 aliphatic carbocycles. The Morgan fingerprint density at radius 2 is 1.95 bits per heavy atom. The van der Waals surface area contributed by atoms with Crippen LogP contribution in [-0.4, -0.2) is 7.05 Å². The van der Waals surface area contributed by atoms with Crippen molar-refractivity contribution in [3.05, 3.63) is 53.0 Å². The Morgan fingerprint density at radius 1 is 1.21 bits per heavy atom. The zero-order valence-electron chi connectivity index (χ0n) is 10.0. The molecule has 0 fully saturated rings. The number of rotatable bonds is 4. The van der Waals surface area contributed by atoms with Crippen LogP contribution >= 0.6 is 66.4 Å². The second-order valence-electron chi connectivity index (χ2n) is 4.06. The van der Waals surface area contributed by atoms with Gasteiger partial charge >= 0.3 is 0 Å². The van der Waals surface area contributed by atoms with Gasteiger partial charge < -0.3 is 5.32 Å². The number of likely N-dealkylation sites (N-methyl/N-ethyl adjacent to an activating group) is 1.